The van der Waals surface area contributed by atoms with Crippen molar-refractivity contribution in [3.8, 4) is 0 Å². The number of aromatic nitrogens is 2. The van der Waals surface area contributed by atoms with Crippen molar-refractivity contribution < 1.29 is 14.5 Å². The average Bonchev–Trinajstić information content (AvgIpc) is 3.16. The number of hydrogen-bond acceptors (Lipinski definition) is 8. The number of rotatable bonds is 5. The average molecular weight is 419 g/mol. The van der Waals surface area contributed by atoms with Gasteiger partial charge in [0.15, 0.2) is 5.16 Å². The van der Waals surface area contributed by atoms with Crippen LogP contribution in [0.1, 0.15) is 10.4 Å². The summed E-state index contributed by atoms with van der Waals surface area (Å²) in [5, 5.41) is 12.9. The second-order valence-corrected chi connectivity index (χ2v) is 7.35. The number of nitrogens with zero attached hydrogens (tertiary/aromatic N) is 3. The van der Waals surface area contributed by atoms with Crippen molar-refractivity contribution in [1.82, 2.24) is 20.4 Å². The first kappa shape index (κ1) is 19.5. The van der Waals surface area contributed by atoms with Gasteiger partial charge < -0.3 is 0 Å². The molecule has 0 bridgehead atoms. The summed E-state index contributed by atoms with van der Waals surface area (Å²) in [4.78, 5) is 50.7. The minimum Gasteiger partial charge on any atom is -0.290 e. The molecule has 0 saturated carbocycles. The lowest BCUT2D eigenvalue weighted by molar-refractivity contribution is -0.384. The van der Waals surface area contributed by atoms with Gasteiger partial charge in [-0.1, -0.05) is 17.8 Å². The van der Waals surface area contributed by atoms with Crippen LogP contribution in [0.25, 0.3) is 10.2 Å². The molecule has 2 amide bonds. The van der Waals surface area contributed by atoms with E-state index in [0.29, 0.717) is 15.4 Å². The fourth-order valence-electron chi connectivity index (χ4n) is 2.22. The SMILES string of the molecule is Cn1c(SCC(=O)NNC(=O)c2cccc([N+](=O)[O-])c2)nc2ccsc2c1=O. The number of benzene rings is 1. The third-order valence-electron chi connectivity index (χ3n) is 3.61. The second-order valence-electron chi connectivity index (χ2n) is 5.49. The molecule has 0 saturated heterocycles. The predicted octanol–water partition coefficient (Wildman–Crippen LogP) is 1.46. The van der Waals surface area contributed by atoms with Gasteiger partial charge in [-0.25, -0.2) is 4.98 Å². The lowest BCUT2D eigenvalue weighted by Gasteiger charge is -2.09. The first-order chi connectivity index (χ1) is 13.4. The van der Waals surface area contributed by atoms with Crippen molar-refractivity contribution >= 4 is 50.8 Å². The largest absolute Gasteiger partial charge is 0.290 e. The standard InChI is InChI=1S/C16H13N5O5S2/c1-20-15(24)13-11(5-6-27-13)17-16(20)28-8-12(22)18-19-14(23)9-3-2-4-10(7-9)21(25)26/h2-7H,8H2,1H3,(H,18,22)(H,19,23). The molecule has 0 aliphatic rings. The summed E-state index contributed by atoms with van der Waals surface area (Å²) in [7, 11) is 1.57. The maximum absolute atomic E-state index is 12.2. The van der Waals surface area contributed by atoms with E-state index in [1.807, 2.05) is 0 Å². The number of nitro groups is 1. The van der Waals surface area contributed by atoms with Crippen LogP contribution >= 0.6 is 23.1 Å². The molecule has 0 radical (unpaired) electrons. The fraction of sp³-hybridized carbons (Fsp3) is 0.125. The Balaban J connectivity index is 1.58. The second kappa shape index (κ2) is 8.19. The highest BCUT2D eigenvalue weighted by atomic mass is 32.2. The number of carbonyl (C=O) groups excluding carboxylic acids is 2. The van der Waals surface area contributed by atoms with Crippen LogP contribution in [0.2, 0.25) is 0 Å². The number of hydrazine groups is 1. The van der Waals surface area contributed by atoms with Crippen molar-refractivity contribution in [2.45, 2.75) is 5.16 Å². The molecule has 2 heterocycles. The quantitative estimate of drug-likeness (QED) is 0.276. The van der Waals surface area contributed by atoms with Crippen molar-refractivity contribution in [2.24, 2.45) is 7.05 Å². The number of non-ortho nitro benzene ring substituents is 1. The van der Waals surface area contributed by atoms with Gasteiger partial charge in [-0.05, 0) is 17.5 Å². The van der Waals surface area contributed by atoms with Crippen LogP contribution < -0.4 is 16.4 Å². The molecule has 28 heavy (non-hydrogen) atoms. The Bertz CT molecular complexity index is 1140. The van der Waals surface area contributed by atoms with E-state index in [4.69, 9.17) is 0 Å². The van der Waals surface area contributed by atoms with Crippen LogP contribution in [0.5, 0.6) is 0 Å². The van der Waals surface area contributed by atoms with Gasteiger partial charge in [-0.2, -0.15) is 0 Å². The third kappa shape index (κ3) is 4.18. The number of nitrogens with one attached hydrogen (secondary N) is 2. The molecule has 3 aromatic rings. The zero-order valence-corrected chi connectivity index (χ0v) is 16.0. The summed E-state index contributed by atoms with van der Waals surface area (Å²) < 4.78 is 1.90. The molecule has 144 valence electrons. The molecule has 0 aliphatic carbocycles. The number of fused-ring (bicyclic) bond motifs is 1. The van der Waals surface area contributed by atoms with Crippen LogP contribution in [-0.2, 0) is 11.8 Å². The van der Waals surface area contributed by atoms with Crippen molar-refractivity contribution in [3.05, 3.63) is 61.7 Å². The topological polar surface area (TPSA) is 136 Å². The van der Waals surface area contributed by atoms with Gasteiger partial charge in [0.2, 0.25) is 5.91 Å². The molecular weight excluding hydrogens is 406 g/mol. The molecule has 12 heteroatoms. The predicted molar refractivity (Wildman–Crippen MR) is 104 cm³/mol. The van der Waals surface area contributed by atoms with E-state index in [1.54, 1.807) is 18.5 Å². The number of thiophene rings is 1. The minimum atomic E-state index is -0.688. The molecule has 1 aromatic carbocycles. The van der Waals surface area contributed by atoms with Gasteiger partial charge in [-0.3, -0.25) is 39.9 Å². The van der Waals surface area contributed by atoms with Crippen molar-refractivity contribution in [1.29, 1.82) is 0 Å². The third-order valence-corrected chi connectivity index (χ3v) is 5.53. The summed E-state index contributed by atoms with van der Waals surface area (Å²) in [5.74, 6) is -1.30. The van der Waals surface area contributed by atoms with E-state index in [2.05, 4.69) is 15.8 Å². The van der Waals surface area contributed by atoms with Gasteiger partial charge in [0.05, 0.1) is 16.2 Å². The molecule has 2 aromatic heterocycles. The molecule has 10 nitrogen and oxygen atoms in total. The van der Waals surface area contributed by atoms with Crippen molar-refractivity contribution in [3.63, 3.8) is 0 Å². The van der Waals surface area contributed by atoms with E-state index in [0.717, 1.165) is 17.8 Å². The Labute approximate surface area is 165 Å². The Hall–Kier alpha value is -3.25. The number of nitro benzene ring substituents is 1. The van der Waals surface area contributed by atoms with E-state index >= 15 is 0 Å². The molecule has 0 atom stereocenters. The Morgan fingerprint density at radius 1 is 1.32 bits per heavy atom. The summed E-state index contributed by atoms with van der Waals surface area (Å²) in [6.07, 6.45) is 0. The minimum absolute atomic E-state index is 0.0362. The Kier molecular flexibility index (Phi) is 5.70. The number of carbonyl (C=O) groups is 2. The van der Waals surface area contributed by atoms with E-state index < -0.39 is 16.7 Å². The van der Waals surface area contributed by atoms with Gasteiger partial charge in [-0.15, -0.1) is 11.3 Å². The zero-order valence-electron chi connectivity index (χ0n) is 14.4. The van der Waals surface area contributed by atoms with Gasteiger partial charge in [0, 0.05) is 24.7 Å². The van der Waals surface area contributed by atoms with E-state index in [9.17, 15) is 24.5 Å². The lowest BCUT2D eigenvalue weighted by atomic mass is 10.2. The van der Waals surface area contributed by atoms with Crippen LogP contribution in [0.4, 0.5) is 5.69 Å². The van der Waals surface area contributed by atoms with Crippen LogP contribution in [0, 0.1) is 10.1 Å². The van der Waals surface area contributed by atoms with Crippen LogP contribution in [0.3, 0.4) is 0 Å². The van der Waals surface area contributed by atoms with E-state index in [1.165, 1.54) is 34.1 Å². The highest BCUT2D eigenvalue weighted by Gasteiger charge is 2.14. The molecule has 0 unspecified atom stereocenters. The molecule has 3 rings (SSSR count). The number of hydrogen-bond donors (Lipinski definition) is 2. The highest BCUT2D eigenvalue weighted by Crippen LogP contribution is 2.19. The molecule has 2 N–H and O–H groups in total. The van der Waals surface area contributed by atoms with Gasteiger partial charge in [0.25, 0.3) is 17.2 Å². The monoisotopic (exact) mass is 419 g/mol. The number of amides is 2. The maximum Gasteiger partial charge on any atom is 0.271 e. The Morgan fingerprint density at radius 2 is 2.11 bits per heavy atom. The summed E-state index contributed by atoms with van der Waals surface area (Å²) in [5.41, 5.74) is 4.59. The normalized spacial score (nSPS) is 10.6. The van der Waals surface area contributed by atoms with E-state index in [-0.39, 0.29) is 22.6 Å². The highest BCUT2D eigenvalue weighted by molar-refractivity contribution is 7.99. The zero-order chi connectivity index (χ0) is 20.3. The molecular formula is C16H13N5O5S2. The lowest BCUT2D eigenvalue weighted by Crippen LogP contribution is -2.42. The van der Waals surface area contributed by atoms with Crippen molar-refractivity contribution in [2.75, 3.05) is 5.75 Å². The van der Waals surface area contributed by atoms with Gasteiger partial charge >= 0.3 is 0 Å². The smallest absolute Gasteiger partial charge is 0.271 e. The number of thioether (sulfide) groups is 1. The van der Waals surface area contributed by atoms with Crippen LogP contribution in [0.15, 0.2) is 45.7 Å². The summed E-state index contributed by atoms with van der Waals surface area (Å²) in [6, 6.07) is 6.85. The molecule has 0 spiro atoms. The maximum atomic E-state index is 12.2. The molecule has 0 aliphatic heterocycles. The van der Waals surface area contributed by atoms with Gasteiger partial charge in [0.1, 0.15) is 4.70 Å². The summed E-state index contributed by atoms with van der Waals surface area (Å²) in [6.45, 7) is 0. The van der Waals surface area contributed by atoms with Crippen LogP contribution in [-0.4, -0.2) is 32.0 Å². The first-order valence-electron chi connectivity index (χ1n) is 7.77. The summed E-state index contributed by atoms with van der Waals surface area (Å²) >= 11 is 2.34. The molecule has 0 fully saturated rings. The Morgan fingerprint density at radius 3 is 2.86 bits per heavy atom. The first-order valence-corrected chi connectivity index (χ1v) is 9.64. The fourth-order valence-corrected chi connectivity index (χ4v) is 3.80.